The summed E-state index contributed by atoms with van der Waals surface area (Å²) in [6.45, 7) is 0. The molecule has 0 bridgehead atoms. The van der Waals surface area contributed by atoms with Gasteiger partial charge in [0, 0.05) is 5.02 Å². The summed E-state index contributed by atoms with van der Waals surface area (Å²) in [5.74, 6) is -0.357. The van der Waals surface area contributed by atoms with Gasteiger partial charge in [0.05, 0.1) is 4.91 Å². The van der Waals surface area contributed by atoms with Gasteiger partial charge in [-0.3, -0.25) is 14.9 Å². The summed E-state index contributed by atoms with van der Waals surface area (Å²) < 4.78 is 0. The predicted molar refractivity (Wildman–Crippen MR) is 60.6 cm³/mol. The summed E-state index contributed by atoms with van der Waals surface area (Å²) in [6, 6.07) is 7.07. The average molecular weight is 240 g/mol. The number of benzene rings is 1. The molecule has 1 aromatic rings. The van der Waals surface area contributed by atoms with Crippen LogP contribution in [0.3, 0.4) is 0 Å². The lowest BCUT2D eigenvalue weighted by Gasteiger charge is -1.95. The number of amides is 2. The molecular weight excluding hydrogens is 234 g/mol. The first-order valence-electron chi connectivity index (χ1n) is 4.15. The van der Waals surface area contributed by atoms with Gasteiger partial charge >= 0.3 is 0 Å². The van der Waals surface area contributed by atoms with Crippen LogP contribution in [0.15, 0.2) is 29.2 Å². The highest BCUT2D eigenvalue weighted by molar-refractivity contribution is 8.18. The topological polar surface area (TPSA) is 46.2 Å². The first-order valence-corrected chi connectivity index (χ1v) is 5.35. The highest BCUT2D eigenvalue weighted by Gasteiger charge is 2.24. The van der Waals surface area contributed by atoms with Crippen molar-refractivity contribution in [1.29, 1.82) is 0 Å². The number of nitrogens with one attached hydrogen (secondary N) is 1. The van der Waals surface area contributed by atoms with Gasteiger partial charge in [0.25, 0.3) is 11.1 Å². The SMILES string of the molecule is O=C1NC(=O)/C(=C\c2cccc(Cl)c2)S1. The molecule has 1 N–H and O–H groups in total. The molecule has 2 amide bonds. The first kappa shape index (κ1) is 10.3. The van der Waals surface area contributed by atoms with Gasteiger partial charge in [-0.05, 0) is 35.5 Å². The Hall–Kier alpha value is -1.26. The fourth-order valence-corrected chi connectivity index (χ4v) is 2.05. The molecule has 1 fully saturated rings. The maximum absolute atomic E-state index is 11.2. The second-order valence-electron chi connectivity index (χ2n) is 2.91. The second-order valence-corrected chi connectivity index (χ2v) is 4.36. The van der Waals surface area contributed by atoms with Crippen molar-refractivity contribution in [2.24, 2.45) is 0 Å². The third kappa shape index (κ3) is 2.40. The molecule has 76 valence electrons. The van der Waals surface area contributed by atoms with Gasteiger partial charge in [0.2, 0.25) is 0 Å². The molecule has 1 aliphatic heterocycles. The number of imide groups is 1. The van der Waals surface area contributed by atoms with Crippen molar-refractivity contribution in [2.45, 2.75) is 0 Å². The van der Waals surface area contributed by atoms with Gasteiger partial charge in [-0.1, -0.05) is 23.7 Å². The van der Waals surface area contributed by atoms with E-state index < -0.39 is 0 Å². The predicted octanol–water partition coefficient (Wildman–Crippen LogP) is 2.66. The van der Waals surface area contributed by atoms with E-state index in [1.165, 1.54) is 0 Å². The van der Waals surface area contributed by atoms with Crippen LogP contribution in [0.5, 0.6) is 0 Å². The van der Waals surface area contributed by atoms with Crippen molar-refractivity contribution in [2.75, 3.05) is 0 Å². The van der Waals surface area contributed by atoms with Crippen LogP contribution in [0, 0.1) is 0 Å². The van der Waals surface area contributed by atoms with Crippen LogP contribution in [0.4, 0.5) is 4.79 Å². The van der Waals surface area contributed by atoms with E-state index in [0.29, 0.717) is 9.93 Å². The van der Waals surface area contributed by atoms with Crippen LogP contribution >= 0.6 is 23.4 Å². The number of carbonyl (C=O) groups is 2. The summed E-state index contributed by atoms with van der Waals surface area (Å²) in [5.41, 5.74) is 0.801. The second kappa shape index (κ2) is 4.08. The van der Waals surface area contributed by atoms with Gasteiger partial charge in [0.15, 0.2) is 0 Å². The molecule has 0 atom stereocenters. The van der Waals surface area contributed by atoms with Crippen molar-refractivity contribution >= 4 is 40.6 Å². The van der Waals surface area contributed by atoms with Crippen LogP contribution in [0.2, 0.25) is 5.02 Å². The molecule has 2 rings (SSSR count). The molecule has 0 radical (unpaired) electrons. The molecule has 0 aliphatic carbocycles. The van der Waals surface area contributed by atoms with Gasteiger partial charge < -0.3 is 0 Å². The Labute approximate surface area is 95.5 Å². The normalized spacial score (nSPS) is 18.3. The summed E-state index contributed by atoms with van der Waals surface area (Å²) in [6.07, 6.45) is 1.64. The molecular formula is C10H6ClNO2S. The zero-order chi connectivity index (χ0) is 10.8. The Morgan fingerprint density at radius 1 is 1.33 bits per heavy atom. The maximum atomic E-state index is 11.2. The molecule has 1 heterocycles. The summed E-state index contributed by atoms with van der Waals surface area (Å²) in [5, 5.41) is 2.44. The lowest BCUT2D eigenvalue weighted by molar-refractivity contribution is -0.115. The van der Waals surface area contributed by atoms with E-state index in [0.717, 1.165) is 17.3 Å². The minimum absolute atomic E-state index is 0.340. The minimum Gasteiger partial charge on any atom is -0.282 e. The van der Waals surface area contributed by atoms with Crippen molar-refractivity contribution in [3.8, 4) is 0 Å². The Balaban J connectivity index is 2.31. The van der Waals surface area contributed by atoms with E-state index in [4.69, 9.17) is 11.6 Å². The zero-order valence-electron chi connectivity index (χ0n) is 7.49. The molecule has 3 nitrogen and oxygen atoms in total. The van der Waals surface area contributed by atoms with Crippen LogP contribution in [-0.2, 0) is 4.79 Å². The van der Waals surface area contributed by atoms with E-state index in [2.05, 4.69) is 5.32 Å². The third-order valence-electron chi connectivity index (χ3n) is 1.79. The molecule has 0 saturated carbocycles. The van der Waals surface area contributed by atoms with Gasteiger partial charge in [-0.2, -0.15) is 0 Å². The molecule has 5 heteroatoms. The lowest BCUT2D eigenvalue weighted by atomic mass is 10.2. The van der Waals surface area contributed by atoms with E-state index in [-0.39, 0.29) is 11.1 Å². The van der Waals surface area contributed by atoms with Crippen LogP contribution < -0.4 is 5.32 Å². The number of hydrogen-bond donors (Lipinski definition) is 1. The number of thioether (sulfide) groups is 1. The zero-order valence-corrected chi connectivity index (χ0v) is 9.06. The molecule has 1 saturated heterocycles. The van der Waals surface area contributed by atoms with Gasteiger partial charge in [-0.25, -0.2) is 0 Å². The van der Waals surface area contributed by atoms with Gasteiger partial charge in [-0.15, -0.1) is 0 Å². The maximum Gasteiger partial charge on any atom is 0.290 e. The van der Waals surface area contributed by atoms with E-state index >= 15 is 0 Å². The first-order chi connectivity index (χ1) is 7.15. The average Bonchev–Trinajstić information content (AvgIpc) is 2.45. The third-order valence-corrected chi connectivity index (χ3v) is 2.83. The van der Waals surface area contributed by atoms with Crippen molar-refractivity contribution < 1.29 is 9.59 Å². The Bertz CT molecular complexity index is 470. The monoisotopic (exact) mass is 239 g/mol. The fraction of sp³-hybridized carbons (Fsp3) is 0. The number of halogens is 1. The fourth-order valence-electron chi connectivity index (χ4n) is 1.17. The van der Waals surface area contributed by atoms with Crippen LogP contribution in [-0.4, -0.2) is 11.1 Å². The number of rotatable bonds is 1. The molecule has 1 aromatic carbocycles. The lowest BCUT2D eigenvalue weighted by Crippen LogP contribution is -2.17. The Morgan fingerprint density at radius 2 is 2.13 bits per heavy atom. The van der Waals surface area contributed by atoms with Crippen molar-refractivity contribution in [3.63, 3.8) is 0 Å². The van der Waals surface area contributed by atoms with Crippen LogP contribution in [0.25, 0.3) is 6.08 Å². The van der Waals surface area contributed by atoms with Crippen LogP contribution in [0.1, 0.15) is 5.56 Å². The molecule has 15 heavy (non-hydrogen) atoms. The van der Waals surface area contributed by atoms with E-state index in [1.807, 2.05) is 6.07 Å². The summed E-state index contributed by atoms with van der Waals surface area (Å²) in [4.78, 5) is 22.5. The van der Waals surface area contributed by atoms with Crippen molar-refractivity contribution in [1.82, 2.24) is 5.32 Å². The quantitative estimate of drug-likeness (QED) is 0.767. The Kier molecular flexibility index (Phi) is 2.79. The largest absolute Gasteiger partial charge is 0.290 e. The standard InChI is InChI=1S/C10H6ClNO2S/c11-7-3-1-2-6(4-7)5-8-9(13)12-10(14)15-8/h1-5H,(H,12,13,14)/b8-5+. The molecule has 1 aliphatic rings. The summed E-state index contributed by atoms with van der Waals surface area (Å²) >= 11 is 6.68. The number of carbonyl (C=O) groups excluding carboxylic acids is 2. The highest BCUT2D eigenvalue weighted by Crippen LogP contribution is 2.26. The van der Waals surface area contributed by atoms with Gasteiger partial charge in [0.1, 0.15) is 0 Å². The summed E-state index contributed by atoms with van der Waals surface area (Å²) in [7, 11) is 0. The van der Waals surface area contributed by atoms with E-state index in [9.17, 15) is 9.59 Å². The minimum atomic E-state index is -0.357. The Morgan fingerprint density at radius 3 is 2.73 bits per heavy atom. The van der Waals surface area contributed by atoms with E-state index in [1.54, 1.807) is 24.3 Å². The molecule has 0 aromatic heterocycles. The molecule has 0 spiro atoms. The smallest absolute Gasteiger partial charge is 0.282 e. The molecule has 0 unspecified atom stereocenters. The number of hydrogen-bond acceptors (Lipinski definition) is 3. The van der Waals surface area contributed by atoms with Crippen molar-refractivity contribution in [3.05, 3.63) is 39.8 Å². The highest BCUT2D eigenvalue weighted by atomic mass is 35.5.